The van der Waals surface area contributed by atoms with Crippen molar-refractivity contribution in [1.82, 2.24) is 14.5 Å². The Hall–Kier alpha value is -0.400. The van der Waals surface area contributed by atoms with Crippen molar-refractivity contribution in [1.29, 1.82) is 0 Å². The molecule has 0 saturated carbocycles. The Morgan fingerprint density at radius 3 is 3.17 bits per heavy atom. The molecule has 0 saturated heterocycles. The molecule has 0 spiro atoms. The minimum atomic E-state index is -0.185. The SMILES string of the molecule is COC(=O)CCSc1cnc2c(cnn2PI)c1. The molecule has 0 N–H and O–H groups in total. The zero-order chi connectivity index (χ0) is 13.0. The van der Waals surface area contributed by atoms with Gasteiger partial charge in [-0.3, -0.25) is 4.79 Å². The van der Waals surface area contributed by atoms with E-state index in [1.54, 1.807) is 11.8 Å². The topological polar surface area (TPSA) is 57.0 Å². The summed E-state index contributed by atoms with van der Waals surface area (Å²) in [6.45, 7) is 0. The number of hydrogen-bond donors (Lipinski definition) is 0. The standard InChI is InChI=1S/C10H11IN3O2PS/c1-16-9(15)2-3-18-8-4-7-5-13-14(17-11)10(7)12-6-8/h4-6,17H,2-3H2,1H3. The summed E-state index contributed by atoms with van der Waals surface area (Å²) >= 11 is 3.87. The van der Waals surface area contributed by atoms with Crippen molar-refractivity contribution in [3.63, 3.8) is 0 Å². The minimum Gasteiger partial charge on any atom is -0.469 e. The second kappa shape index (κ2) is 6.68. The molecule has 18 heavy (non-hydrogen) atoms. The van der Waals surface area contributed by atoms with Crippen LogP contribution in [0.3, 0.4) is 0 Å². The van der Waals surface area contributed by atoms with Crippen LogP contribution in [-0.2, 0) is 9.53 Å². The zero-order valence-electron chi connectivity index (χ0n) is 9.59. The van der Waals surface area contributed by atoms with Gasteiger partial charge in [-0.2, -0.15) is 5.10 Å². The zero-order valence-corrected chi connectivity index (χ0v) is 13.6. The number of halogens is 1. The van der Waals surface area contributed by atoms with Gasteiger partial charge in [-0.1, -0.05) is 0 Å². The lowest BCUT2D eigenvalue weighted by Gasteiger charge is -2.01. The summed E-state index contributed by atoms with van der Waals surface area (Å²) in [6, 6.07) is 2.05. The molecule has 1 unspecified atom stereocenters. The van der Waals surface area contributed by atoms with Crippen LogP contribution in [0.25, 0.3) is 11.0 Å². The Kier molecular flexibility index (Phi) is 5.20. The number of rotatable bonds is 5. The number of methoxy groups -OCH3 is 1. The van der Waals surface area contributed by atoms with E-state index in [1.807, 2.05) is 22.9 Å². The predicted molar refractivity (Wildman–Crippen MR) is 82.6 cm³/mol. The molecule has 0 fully saturated rings. The normalized spacial score (nSPS) is 11.4. The van der Waals surface area contributed by atoms with Gasteiger partial charge >= 0.3 is 5.97 Å². The van der Waals surface area contributed by atoms with Gasteiger partial charge in [-0.05, 0) is 28.1 Å². The Morgan fingerprint density at radius 1 is 1.61 bits per heavy atom. The fourth-order valence-electron chi connectivity index (χ4n) is 1.40. The van der Waals surface area contributed by atoms with Crippen LogP contribution in [-0.4, -0.2) is 33.4 Å². The minimum absolute atomic E-state index is 0.185. The van der Waals surface area contributed by atoms with Crippen molar-refractivity contribution >= 4 is 57.2 Å². The number of aromatic nitrogens is 3. The molecule has 8 heteroatoms. The Bertz CT molecular complexity index is 563. The van der Waals surface area contributed by atoms with Gasteiger partial charge in [0.2, 0.25) is 0 Å². The van der Waals surface area contributed by atoms with Gasteiger partial charge in [0.1, 0.15) is 0 Å². The lowest BCUT2D eigenvalue weighted by molar-refractivity contribution is -0.140. The number of ether oxygens (including phenoxy) is 1. The molecular formula is C10H11IN3O2PS. The number of pyridine rings is 1. The van der Waals surface area contributed by atoms with Crippen molar-refractivity contribution in [2.45, 2.75) is 11.3 Å². The van der Waals surface area contributed by atoms with E-state index in [2.05, 4.69) is 36.9 Å². The molecule has 1 atom stereocenters. The molecule has 2 heterocycles. The monoisotopic (exact) mass is 395 g/mol. The summed E-state index contributed by atoms with van der Waals surface area (Å²) in [5, 5.41) is 5.28. The first-order valence-electron chi connectivity index (χ1n) is 5.14. The molecule has 96 valence electrons. The van der Waals surface area contributed by atoms with Crippen LogP contribution >= 0.6 is 40.2 Å². The number of hydrogen-bond acceptors (Lipinski definition) is 5. The van der Waals surface area contributed by atoms with Crippen molar-refractivity contribution in [3.05, 3.63) is 18.5 Å². The van der Waals surface area contributed by atoms with E-state index in [0.717, 1.165) is 15.9 Å². The molecule has 0 bridgehead atoms. The van der Waals surface area contributed by atoms with E-state index in [9.17, 15) is 4.79 Å². The summed E-state index contributed by atoms with van der Waals surface area (Å²) in [4.78, 5) is 16.4. The van der Waals surface area contributed by atoms with Crippen LogP contribution in [0.5, 0.6) is 0 Å². The van der Waals surface area contributed by atoms with Crippen molar-refractivity contribution in [2.24, 2.45) is 0 Å². The van der Waals surface area contributed by atoms with E-state index >= 15 is 0 Å². The van der Waals surface area contributed by atoms with E-state index in [0.29, 0.717) is 18.5 Å². The van der Waals surface area contributed by atoms with E-state index in [1.165, 1.54) is 7.11 Å². The summed E-state index contributed by atoms with van der Waals surface area (Å²) in [7, 11) is 1.40. The second-order valence-electron chi connectivity index (χ2n) is 3.40. The second-order valence-corrected chi connectivity index (χ2v) is 6.61. The van der Waals surface area contributed by atoms with Gasteiger partial charge in [0.15, 0.2) is 5.65 Å². The van der Waals surface area contributed by atoms with Crippen LogP contribution in [0.4, 0.5) is 0 Å². The molecule has 0 aromatic carbocycles. The molecule has 0 radical (unpaired) electrons. The van der Waals surface area contributed by atoms with Crippen LogP contribution in [0.2, 0.25) is 0 Å². The van der Waals surface area contributed by atoms with Gasteiger partial charge in [0.05, 0.1) is 26.1 Å². The first kappa shape index (κ1) is 14.0. The molecule has 0 aliphatic carbocycles. The Morgan fingerprint density at radius 2 is 2.44 bits per heavy atom. The third-order valence-electron chi connectivity index (χ3n) is 2.27. The largest absolute Gasteiger partial charge is 0.469 e. The summed E-state index contributed by atoms with van der Waals surface area (Å²) < 4.78 is 6.47. The van der Waals surface area contributed by atoms with Crippen LogP contribution in [0.1, 0.15) is 6.42 Å². The van der Waals surface area contributed by atoms with Crippen LogP contribution in [0, 0.1) is 0 Å². The van der Waals surface area contributed by atoms with E-state index in [-0.39, 0.29) is 5.97 Å². The number of carbonyl (C=O) groups excluding carboxylic acids is 1. The third kappa shape index (κ3) is 3.33. The first-order valence-corrected chi connectivity index (χ1v) is 10.2. The highest BCUT2D eigenvalue weighted by Gasteiger charge is 2.06. The Labute approximate surface area is 123 Å². The van der Waals surface area contributed by atoms with E-state index in [4.69, 9.17) is 0 Å². The number of esters is 1. The maximum atomic E-state index is 11.0. The van der Waals surface area contributed by atoms with Gasteiger partial charge in [-0.15, -0.1) is 11.8 Å². The maximum absolute atomic E-state index is 11.0. The fourth-order valence-corrected chi connectivity index (χ4v) is 3.67. The fraction of sp³-hybridized carbons (Fsp3) is 0.300. The predicted octanol–water partition coefficient (Wildman–Crippen LogP) is 2.88. The van der Waals surface area contributed by atoms with Gasteiger partial charge in [0.25, 0.3) is 0 Å². The average Bonchev–Trinajstić information content (AvgIpc) is 2.80. The number of fused-ring (bicyclic) bond motifs is 1. The summed E-state index contributed by atoms with van der Waals surface area (Å²) in [5.41, 5.74) is 0.903. The highest BCUT2D eigenvalue weighted by atomic mass is 127. The van der Waals surface area contributed by atoms with Crippen molar-refractivity contribution < 1.29 is 9.53 Å². The summed E-state index contributed by atoms with van der Waals surface area (Å²) in [6.07, 6.45) is 4.59. The molecule has 0 amide bonds. The highest BCUT2D eigenvalue weighted by Crippen LogP contribution is 2.29. The maximum Gasteiger partial charge on any atom is 0.306 e. The molecule has 5 nitrogen and oxygen atoms in total. The highest BCUT2D eigenvalue weighted by molar-refractivity contribution is 14.2. The molecular weight excluding hydrogens is 384 g/mol. The number of thioether (sulfide) groups is 1. The smallest absolute Gasteiger partial charge is 0.306 e. The van der Waals surface area contributed by atoms with Gasteiger partial charge in [-0.25, -0.2) is 9.44 Å². The van der Waals surface area contributed by atoms with Crippen LogP contribution < -0.4 is 0 Å². The van der Waals surface area contributed by atoms with Crippen LogP contribution in [0.15, 0.2) is 23.4 Å². The Balaban J connectivity index is 2.04. The third-order valence-corrected chi connectivity index (χ3v) is 5.09. The number of carbonyl (C=O) groups is 1. The van der Waals surface area contributed by atoms with Crippen molar-refractivity contribution in [3.8, 4) is 0 Å². The quantitative estimate of drug-likeness (QED) is 0.337. The lowest BCUT2D eigenvalue weighted by Crippen LogP contribution is -2.00. The van der Waals surface area contributed by atoms with Gasteiger partial charge in [0, 0.05) is 22.2 Å². The molecule has 2 aromatic rings. The summed E-state index contributed by atoms with van der Waals surface area (Å²) in [5.74, 6) is 0.512. The van der Waals surface area contributed by atoms with E-state index < -0.39 is 0 Å². The first-order chi connectivity index (χ1) is 8.74. The number of nitrogens with zero attached hydrogens (tertiary/aromatic N) is 3. The average molecular weight is 395 g/mol. The molecule has 2 aromatic heterocycles. The molecule has 0 aliphatic heterocycles. The molecule has 0 aliphatic rings. The van der Waals surface area contributed by atoms with Crippen molar-refractivity contribution in [2.75, 3.05) is 12.9 Å². The van der Waals surface area contributed by atoms with Gasteiger partial charge < -0.3 is 4.74 Å². The molecule has 2 rings (SSSR count). The lowest BCUT2D eigenvalue weighted by atomic mass is 10.4.